The van der Waals surface area contributed by atoms with Gasteiger partial charge >= 0.3 is 5.97 Å². The molecule has 6 rings (SSSR count). The van der Waals surface area contributed by atoms with Gasteiger partial charge in [-0.1, -0.05) is 73.9 Å². The van der Waals surface area contributed by atoms with Crippen molar-refractivity contribution >= 4 is 5.97 Å². The van der Waals surface area contributed by atoms with Crippen molar-refractivity contribution < 1.29 is 19.1 Å². The number of fused-ring (bicyclic) bond motifs is 2. The molecule has 1 spiro atoms. The van der Waals surface area contributed by atoms with Gasteiger partial charge in [0, 0.05) is 29.0 Å². The van der Waals surface area contributed by atoms with Crippen molar-refractivity contribution in [3.05, 3.63) is 71.3 Å². The van der Waals surface area contributed by atoms with E-state index in [9.17, 15) is 9.90 Å². The van der Waals surface area contributed by atoms with Gasteiger partial charge in [0.2, 0.25) is 0 Å². The summed E-state index contributed by atoms with van der Waals surface area (Å²) in [6, 6.07) is 18.8. The van der Waals surface area contributed by atoms with Crippen LogP contribution in [0.15, 0.2) is 54.6 Å². The normalized spacial score (nSPS) is 37.1. The van der Waals surface area contributed by atoms with Gasteiger partial charge in [0.25, 0.3) is 0 Å². The van der Waals surface area contributed by atoms with E-state index >= 15 is 0 Å². The summed E-state index contributed by atoms with van der Waals surface area (Å²) in [6.07, 6.45) is 6.06. The highest BCUT2D eigenvalue weighted by atomic mass is 16.6. The Morgan fingerprint density at radius 3 is 2.52 bits per heavy atom. The molecular formula is C27H32NO3+. The first-order valence-corrected chi connectivity index (χ1v) is 12.0. The first-order chi connectivity index (χ1) is 15.0. The Bertz CT molecular complexity index is 1000. The topological polar surface area (TPSA) is 46.5 Å². The summed E-state index contributed by atoms with van der Waals surface area (Å²) in [6.45, 7) is 3.67. The second-order valence-corrected chi connectivity index (χ2v) is 10.6. The number of carbonyl (C=O) groups excluding carboxylic acids is 1. The summed E-state index contributed by atoms with van der Waals surface area (Å²) in [5.74, 6) is -0.0327. The van der Waals surface area contributed by atoms with E-state index in [0.717, 1.165) is 73.9 Å². The summed E-state index contributed by atoms with van der Waals surface area (Å²) in [4.78, 5) is 13.7. The van der Waals surface area contributed by atoms with Crippen LogP contribution in [0.3, 0.4) is 0 Å². The molecule has 4 nitrogen and oxygen atoms in total. The van der Waals surface area contributed by atoms with E-state index in [1.807, 2.05) is 12.1 Å². The first-order valence-electron chi connectivity index (χ1n) is 12.0. The van der Waals surface area contributed by atoms with Crippen LogP contribution in [0, 0.1) is 11.8 Å². The zero-order valence-corrected chi connectivity index (χ0v) is 18.1. The fourth-order valence-electron chi connectivity index (χ4n) is 6.98. The van der Waals surface area contributed by atoms with Crippen molar-refractivity contribution in [1.82, 2.24) is 0 Å². The van der Waals surface area contributed by atoms with E-state index in [1.54, 1.807) is 0 Å². The molecule has 2 bridgehead atoms. The number of hydrogen-bond acceptors (Lipinski definition) is 3. The molecule has 4 heteroatoms. The van der Waals surface area contributed by atoms with Crippen molar-refractivity contribution in [1.29, 1.82) is 0 Å². The standard InChI is InChI=1S/C27H32NO3/c29-25-27(30,22-12-5-2-6-13-22)24-14-8-7-11-21(24)17-28(16-20-9-3-1-4-10-20)18-23-15-26(23,19-28)31-25/h1,3-4,7-11,14,22-23,30H,2,5-6,12-13,15-19H2/q+1/t23-,26?,27+,28?/m1/s1. The van der Waals surface area contributed by atoms with Crippen LogP contribution in [0.5, 0.6) is 0 Å². The highest BCUT2D eigenvalue weighted by molar-refractivity contribution is 5.83. The number of hydrogen-bond donors (Lipinski definition) is 1. The molecule has 2 unspecified atom stereocenters. The van der Waals surface area contributed by atoms with E-state index in [0.29, 0.717) is 5.92 Å². The fraction of sp³-hybridized carbons (Fsp3) is 0.519. The lowest BCUT2D eigenvalue weighted by Crippen LogP contribution is -2.48. The van der Waals surface area contributed by atoms with Crippen molar-refractivity contribution in [2.75, 3.05) is 13.1 Å². The highest BCUT2D eigenvalue weighted by Crippen LogP contribution is 2.58. The third-order valence-electron chi connectivity index (χ3n) is 8.48. The maximum atomic E-state index is 13.7. The number of esters is 1. The SMILES string of the molecule is O=C1OC23C[C@@H]2C[N+](Cc2ccccc2)(Cc2ccccc2[C@@]1(O)C1CCCCC1)C3. The quantitative estimate of drug-likeness (QED) is 0.597. The van der Waals surface area contributed by atoms with Crippen molar-refractivity contribution in [2.24, 2.45) is 11.8 Å². The van der Waals surface area contributed by atoms with Crippen LogP contribution in [0.1, 0.15) is 55.2 Å². The zero-order chi connectivity index (χ0) is 21.1. The molecule has 31 heavy (non-hydrogen) atoms. The second-order valence-electron chi connectivity index (χ2n) is 10.6. The second kappa shape index (κ2) is 6.91. The van der Waals surface area contributed by atoms with Crippen LogP contribution in [-0.2, 0) is 28.2 Å². The Morgan fingerprint density at radius 2 is 1.71 bits per heavy atom. The van der Waals surface area contributed by atoms with Gasteiger partial charge in [0.05, 0.1) is 12.5 Å². The summed E-state index contributed by atoms with van der Waals surface area (Å²) in [5.41, 5.74) is 1.32. The summed E-state index contributed by atoms with van der Waals surface area (Å²) < 4.78 is 7.21. The average molecular weight is 419 g/mol. The molecule has 162 valence electrons. The number of carbonyl (C=O) groups is 1. The number of benzene rings is 2. The minimum Gasteiger partial charge on any atom is -0.450 e. The van der Waals surface area contributed by atoms with Crippen LogP contribution < -0.4 is 0 Å². The van der Waals surface area contributed by atoms with Gasteiger partial charge < -0.3 is 14.3 Å². The molecule has 4 atom stereocenters. The lowest BCUT2D eigenvalue weighted by molar-refractivity contribution is -0.948. The van der Waals surface area contributed by atoms with E-state index in [2.05, 4.69) is 42.5 Å². The van der Waals surface area contributed by atoms with Gasteiger partial charge in [0.1, 0.15) is 19.6 Å². The Kier molecular flexibility index (Phi) is 4.35. The van der Waals surface area contributed by atoms with Crippen molar-refractivity contribution in [3.63, 3.8) is 0 Å². The van der Waals surface area contributed by atoms with Crippen LogP contribution in [0.2, 0.25) is 0 Å². The maximum absolute atomic E-state index is 13.7. The number of nitrogens with zero attached hydrogens (tertiary/aromatic N) is 1. The summed E-state index contributed by atoms with van der Waals surface area (Å²) in [5, 5.41) is 12.1. The summed E-state index contributed by atoms with van der Waals surface area (Å²) >= 11 is 0. The lowest BCUT2D eigenvalue weighted by atomic mass is 9.72. The summed E-state index contributed by atoms with van der Waals surface area (Å²) in [7, 11) is 0. The van der Waals surface area contributed by atoms with E-state index in [4.69, 9.17) is 4.74 Å². The van der Waals surface area contributed by atoms with Gasteiger partial charge in [-0.05, 0) is 12.8 Å². The number of rotatable bonds is 3. The molecule has 2 aromatic carbocycles. The predicted octanol–water partition coefficient (Wildman–Crippen LogP) is 4.30. The third-order valence-corrected chi connectivity index (χ3v) is 8.48. The Labute approximate surface area is 184 Å². The Balaban J connectivity index is 1.46. The number of ether oxygens (including phenoxy) is 1. The van der Waals surface area contributed by atoms with Gasteiger partial charge in [-0.15, -0.1) is 0 Å². The van der Waals surface area contributed by atoms with Crippen molar-refractivity contribution in [2.45, 2.75) is 62.8 Å². The average Bonchev–Trinajstić information content (AvgIpc) is 3.34. The highest BCUT2D eigenvalue weighted by Gasteiger charge is 2.72. The molecule has 3 fully saturated rings. The van der Waals surface area contributed by atoms with Crippen LogP contribution in [-0.4, -0.2) is 34.2 Å². The fourth-order valence-corrected chi connectivity index (χ4v) is 6.98. The third kappa shape index (κ3) is 3.07. The molecule has 1 saturated heterocycles. The van der Waals surface area contributed by atoms with Gasteiger partial charge in [0.15, 0.2) is 11.2 Å². The molecule has 2 aliphatic heterocycles. The Morgan fingerprint density at radius 1 is 0.968 bits per heavy atom. The minimum atomic E-state index is -1.53. The lowest BCUT2D eigenvalue weighted by Gasteiger charge is -2.39. The molecule has 0 aromatic heterocycles. The molecular weight excluding hydrogens is 386 g/mol. The molecule has 0 amide bonds. The number of quaternary nitrogens is 1. The molecule has 4 aliphatic rings. The first kappa shape index (κ1) is 19.5. The molecule has 2 saturated carbocycles. The minimum absolute atomic E-state index is 0.0577. The molecule has 2 aliphatic carbocycles. The zero-order valence-electron chi connectivity index (χ0n) is 18.1. The van der Waals surface area contributed by atoms with Crippen molar-refractivity contribution in [3.8, 4) is 0 Å². The van der Waals surface area contributed by atoms with E-state index < -0.39 is 11.6 Å². The predicted molar refractivity (Wildman–Crippen MR) is 118 cm³/mol. The van der Waals surface area contributed by atoms with Crippen LogP contribution in [0.4, 0.5) is 0 Å². The van der Waals surface area contributed by atoms with Crippen LogP contribution in [0.25, 0.3) is 0 Å². The van der Waals surface area contributed by atoms with E-state index in [-0.39, 0.29) is 11.5 Å². The maximum Gasteiger partial charge on any atom is 0.343 e. The smallest absolute Gasteiger partial charge is 0.343 e. The monoisotopic (exact) mass is 418 g/mol. The van der Waals surface area contributed by atoms with E-state index in [1.165, 1.54) is 12.0 Å². The molecule has 2 heterocycles. The van der Waals surface area contributed by atoms with Gasteiger partial charge in [-0.25, -0.2) is 4.79 Å². The molecule has 0 radical (unpaired) electrons. The van der Waals surface area contributed by atoms with Crippen LogP contribution >= 0.6 is 0 Å². The van der Waals surface area contributed by atoms with Gasteiger partial charge in [-0.2, -0.15) is 0 Å². The Hall–Kier alpha value is -2.17. The largest absolute Gasteiger partial charge is 0.450 e. The molecule has 2 aromatic rings. The number of piperidine rings is 1. The molecule has 1 N–H and O–H groups in total. The van der Waals surface area contributed by atoms with Gasteiger partial charge in [-0.3, -0.25) is 0 Å². The number of aliphatic hydroxyl groups is 1.